The van der Waals surface area contributed by atoms with Crippen LogP contribution >= 0.6 is 36.6 Å². The number of benzene rings is 1. The van der Waals surface area contributed by atoms with Crippen LogP contribution in [0.25, 0.3) is 0 Å². The highest BCUT2D eigenvalue weighted by Gasteiger charge is 2.24. The minimum absolute atomic E-state index is 0. The minimum Gasteiger partial charge on any atom is -0.353 e. The maximum absolute atomic E-state index is 12.2. The number of amides is 1. The highest BCUT2D eigenvalue weighted by Crippen LogP contribution is 2.19. The van der Waals surface area contributed by atoms with Crippen molar-refractivity contribution in [2.24, 2.45) is 0 Å². The summed E-state index contributed by atoms with van der Waals surface area (Å²) in [4.78, 5) is 14.6. The van der Waals surface area contributed by atoms with Gasteiger partial charge in [0.05, 0.1) is 12.1 Å². The van der Waals surface area contributed by atoms with E-state index in [4.69, 9.17) is 0 Å². The molecule has 0 spiro atoms. The summed E-state index contributed by atoms with van der Waals surface area (Å²) in [7, 11) is 0. The maximum atomic E-state index is 12.2. The molecule has 2 N–H and O–H groups in total. The molecule has 0 saturated carbocycles. The van der Waals surface area contributed by atoms with Gasteiger partial charge >= 0.3 is 0 Å². The zero-order chi connectivity index (χ0) is 15.1. The fourth-order valence-corrected chi connectivity index (χ4v) is 3.62. The molecule has 1 aliphatic rings. The molecule has 2 unspecified atom stereocenters. The van der Waals surface area contributed by atoms with Crippen LogP contribution in [0.2, 0.25) is 0 Å². The number of nitrogens with zero attached hydrogens (tertiary/aromatic N) is 1. The fraction of sp³-hybridized carbons (Fsp3) is 0.562. The van der Waals surface area contributed by atoms with Crippen molar-refractivity contribution < 1.29 is 4.79 Å². The molecule has 7 heteroatoms. The van der Waals surface area contributed by atoms with Crippen LogP contribution in [-0.2, 0) is 4.79 Å². The molecule has 4 nitrogen and oxygen atoms in total. The van der Waals surface area contributed by atoms with Gasteiger partial charge in [-0.25, -0.2) is 0 Å². The number of carbonyl (C=O) groups is 1. The lowest BCUT2D eigenvalue weighted by atomic mass is 10.0. The highest BCUT2D eigenvalue weighted by molar-refractivity contribution is 7.99. The van der Waals surface area contributed by atoms with E-state index in [1.54, 1.807) is 11.8 Å². The second-order valence-corrected chi connectivity index (χ2v) is 6.19. The largest absolute Gasteiger partial charge is 0.353 e. The normalized spacial score (nSPS) is 18.0. The standard InChI is InChI=1S/C16H25N3OS.2ClH/c1-3-19(4-2)15(13-8-6-5-7-9-13)10-17-16(20)14-11-21-12-18-14;;/h5-9,14-15,18H,3-4,10-12H2,1-2H3,(H,17,20);2*1H. The summed E-state index contributed by atoms with van der Waals surface area (Å²) in [5.74, 6) is 1.86. The number of thioether (sulfide) groups is 1. The Balaban J connectivity index is 0.00000242. The van der Waals surface area contributed by atoms with Gasteiger partial charge in [0, 0.05) is 18.2 Å². The molecule has 1 saturated heterocycles. The van der Waals surface area contributed by atoms with E-state index >= 15 is 0 Å². The van der Waals surface area contributed by atoms with Crippen LogP contribution < -0.4 is 10.6 Å². The molecular formula is C16H27Cl2N3OS. The Labute approximate surface area is 156 Å². The van der Waals surface area contributed by atoms with E-state index in [2.05, 4.69) is 53.6 Å². The van der Waals surface area contributed by atoms with E-state index in [1.165, 1.54) is 5.56 Å². The Morgan fingerprint density at radius 1 is 1.30 bits per heavy atom. The predicted octanol–water partition coefficient (Wildman–Crippen LogP) is 2.69. The summed E-state index contributed by atoms with van der Waals surface area (Å²) >= 11 is 1.77. The second-order valence-electron chi connectivity index (χ2n) is 5.16. The summed E-state index contributed by atoms with van der Waals surface area (Å²) in [6.07, 6.45) is 0. The quantitative estimate of drug-likeness (QED) is 0.764. The Kier molecular flexibility index (Phi) is 11.7. The van der Waals surface area contributed by atoms with E-state index in [0.717, 1.165) is 24.7 Å². The van der Waals surface area contributed by atoms with Gasteiger partial charge in [0.1, 0.15) is 0 Å². The first-order valence-corrected chi connectivity index (χ1v) is 8.79. The molecule has 132 valence electrons. The Hall–Kier alpha value is -0.460. The summed E-state index contributed by atoms with van der Waals surface area (Å²) in [6.45, 7) is 6.94. The number of halogens is 2. The molecule has 0 aromatic heterocycles. The first kappa shape index (κ1) is 22.5. The Morgan fingerprint density at radius 3 is 2.48 bits per heavy atom. The number of rotatable bonds is 7. The van der Waals surface area contributed by atoms with Crippen molar-refractivity contribution in [3.8, 4) is 0 Å². The number of likely N-dealkylation sites (N-methyl/N-ethyl adjacent to an activating group) is 1. The van der Waals surface area contributed by atoms with E-state index < -0.39 is 0 Å². The van der Waals surface area contributed by atoms with E-state index in [-0.39, 0.29) is 42.8 Å². The van der Waals surface area contributed by atoms with Crippen LogP contribution in [0.15, 0.2) is 30.3 Å². The molecule has 0 aliphatic carbocycles. The van der Waals surface area contributed by atoms with Gasteiger partial charge in [-0.05, 0) is 18.7 Å². The van der Waals surface area contributed by atoms with Gasteiger partial charge in [0.15, 0.2) is 0 Å². The molecule has 1 aliphatic heterocycles. The number of nitrogens with one attached hydrogen (secondary N) is 2. The summed E-state index contributed by atoms with van der Waals surface area (Å²) in [5.41, 5.74) is 1.26. The smallest absolute Gasteiger partial charge is 0.238 e. The third-order valence-corrected chi connectivity index (χ3v) is 4.88. The lowest BCUT2D eigenvalue weighted by Crippen LogP contribution is -2.45. The van der Waals surface area contributed by atoms with Gasteiger partial charge in [-0.1, -0.05) is 44.2 Å². The lowest BCUT2D eigenvalue weighted by Gasteiger charge is -2.30. The van der Waals surface area contributed by atoms with Crippen molar-refractivity contribution in [2.75, 3.05) is 31.3 Å². The Morgan fingerprint density at radius 2 is 1.96 bits per heavy atom. The van der Waals surface area contributed by atoms with Gasteiger partial charge < -0.3 is 5.32 Å². The summed E-state index contributed by atoms with van der Waals surface area (Å²) < 4.78 is 0. The van der Waals surface area contributed by atoms with Crippen molar-refractivity contribution in [1.29, 1.82) is 0 Å². The van der Waals surface area contributed by atoms with Gasteiger partial charge in [-0.3, -0.25) is 15.0 Å². The van der Waals surface area contributed by atoms with Crippen LogP contribution in [0.5, 0.6) is 0 Å². The number of hydrogen-bond acceptors (Lipinski definition) is 4. The second kappa shape index (κ2) is 12.0. The van der Waals surface area contributed by atoms with Crippen LogP contribution in [0, 0.1) is 0 Å². The monoisotopic (exact) mass is 379 g/mol. The number of carbonyl (C=O) groups excluding carboxylic acids is 1. The van der Waals surface area contributed by atoms with Gasteiger partial charge in [0.2, 0.25) is 5.91 Å². The molecular weight excluding hydrogens is 353 g/mol. The molecule has 1 fully saturated rings. The first-order chi connectivity index (χ1) is 10.3. The topological polar surface area (TPSA) is 44.4 Å². The average molecular weight is 380 g/mol. The predicted molar refractivity (Wildman–Crippen MR) is 104 cm³/mol. The zero-order valence-corrected chi connectivity index (χ0v) is 16.1. The van der Waals surface area contributed by atoms with E-state index in [1.807, 2.05) is 6.07 Å². The molecule has 23 heavy (non-hydrogen) atoms. The molecule has 2 rings (SSSR count). The fourth-order valence-electron chi connectivity index (χ4n) is 2.68. The van der Waals surface area contributed by atoms with Crippen molar-refractivity contribution in [3.05, 3.63) is 35.9 Å². The average Bonchev–Trinajstić information content (AvgIpc) is 3.06. The molecule has 2 atom stereocenters. The third kappa shape index (κ3) is 6.51. The zero-order valence-electron chi connectivity index (χ0n) is 13.7. The van der Waals surface area contributed by atoms with Gasteiger partial charge in [-0.2, -0.15) is 0 Å². The van der Waals surface area contributed by atoms with Crippen LogP contribution in [0.4, 0.5) is 0 Å². The van der Waals surface area contributed by atoms with Crippen LogP contribution in [0.3, 0.4) is 0 Å². The minimum atomic E-state index is -0.0388. The third-order valence-electron chi connectivity index (χ3n) is 3.94. The molecule has 0 bridgehead atoms. The molecule has 1 aromatic rings. The van der Waals surface area contributed by atoms with Crippen LogP contribution in [-0.4, -0.2) is 48.1 Å². The van der Waals surface area contributed by atoms with Crippen molar-refractivity contribution in [1.82, 2.24) is 15.5 Å². The lowest BCUT2D eigenvalue weighted by molar-refractivity contribution is -0.122. The SMILES string of the molecule is CCN(CC)C(CNC(=O)C1CSCN1)c1ccccc1.Cl.Cl. The Bertz CT molecular complexity index is 440. The highest BCUT2D eigenvalue weighted by atomic mass is 35.5. The first-order valence-electron chi connectivity index (χ1n) is 7.64. The molecule has 1 aromatic carbocycles. The number of hydrogen-bond donors (Lipinski definition) is 2. The van der Waals surface area contributed by atoms with Gasteiger partial charge in [0.25, 0.3) is 0 Å². The maximum Gasteiger partial charge on any atom is 0.238 e. The summed E-state index contributed by atoms with van der Waals surface area (Å²) in [6, 6.07) is 10.6. The molecule has 1 amide bonds. The molecule has 0 radical (unpaired) electrons. The van der Waals surface area contributed by atoms with Crippen LogP contribution in [0.1, 0.15) is 25.5 Å². The van der Waals surface area contributed by atoms with E-state index in [0.29, 0.717) is 6.54 Å². The van der Waals surface area contributed by atoms with Crippen molar-refractivity contribution >= 4 is 42.5 Å². The summed E-state index contributed by atoms with van der Waals surface area (Å²) in [5, 5.41) is 6.33. The van der Waals surface area contributed by atoms with Gasteiger partial charge in [-0.15, -0.1) is 36.6 Å². The van der Waals surface area contributed by atoms with Crippen molar-refractivity contribution in [3.63, 3.8) is 0 Å². The van der Waals surface area contributed by atoms with E-state index in [9.17, 15) is 4.79 Å². The van der Waals surface area contributed by atoms with Crippen molar-refractivity contribution in [2.45, 2.75) is 25.9 Å². The molecule has 1 heterocycles.